The molecule has 0 spiro atoms. The smallest absolute Gasteiger partial charge is 0.193 e. The largest absolute Gasteiger partial charge is 0.497 e. The van der Waals surface area contributed by atoms with Gasteiger partial charge in [0.2, 0.25) is 0 Å². The van der Waals surface area contributed by atoms with Gasteiger partial charge in [0.05, 0.1) is 7.11 Å². The minimum atomic E-state index is 0.00167. The van der Waals surface area contributed by atoms with Gasteiger partial charge in [0.15, 0.2) is 5.78 Å². The topological polar surface area (TPSA) is 38.8 Å². The van der Waals surface area contributed by atoms with Crippen LogP contribution in [0.5, 0.6) is 17.2 Å². The van der Waals surface area contributed by atoms with Gasteiger partial charge in [0.1, 0.15) is 17.2 Å². The molecule has 0 unspecified atom stereocenters. The maximum atomic E-state index is 13.0. The first-order chi connectivity index (χ1) is 19.9. The van der Waals surface area contributed by atoms with Gasteiger partial charge in [0.25, 0.3) is 0 Å². The highest BCUT2D eigenvalue weighted by atomic mass is 16.5. The van der Waals surface area contributed by atoms with Crippen LogP contribution in [0.3, 0.4) is 0 Å². The molecule has 206 valence electrons. The van der Waals surface area contributed by atoms with Crippen molar-refractivity contribution in [2.24, 2.45) is 0 Å². The molecule has 5 aromatic carbocycles. The molecular weight excluding hydrogens is 506 g/mol. The molecule has 0 N–H and O–H groups in total. The fraction of sp³-hybridized carbons (Fsp3) is 0.162. The monoisotopic (exact) mass is 541 g/mol. The third-order valence-corrected chi connectivity index (χ3v) is 7.22. The lowest BCUT2D eigenvalue weighted by atomic mass is 9.98. The predicted octanol–water partition coefficient (Wildman–Crippen LogP) is 9.87. The second kappa shape index (κ2) is 12.6. The van der Waals surface area contributed by atoms with E-state index in [1.165, 1.54) is 11.1 Å². The normalized spacial score (nSPS) is 10.9. The first-order valence-electron chi connectivity index (χ1n) is 14.0. The number of benzene rings is 5. The van der Waals surface area contributed by atoms with E-state index >= 15 is 0 Å². The molecule has 0 aromatic heterocycles. The predicted molar refractivity (Wildman–Crippen MR) is 168 cm³/mol. The molecule has 0 fully saturated rings. The Balaban J connectivity index is 1.33. The fourth-order valence-electron chi connectivity index (χ4n) is 4.72. The number of anilines is 3. The molecular formula is C37H35NO3. The molecule has 4 heteroatoms. The van der Waals surface area contributed by atoms with E-state index < -0.39 is 0 Å². The Morgan fingerprint density at radius 1 is 0.610 bits per heavy atom. The Labute approximate surface area is 242 Å². The maximum Gasteiger partial charge on any atom is 0.193 e. The van der Waals surface area contributed by atoms with E-state index in [0.29, 0.717) is 28.5 Å². The summed E-state index contributed by atoms with van der Waals surface area (Å²) in [5, 5.41) is 0. The average molecular weight is 542 g/mol. The highest BCUT2D eigenvalue weighted by Gasteiger charge is 2.14. The van der Waals surface area contributed by atoms with E-state index in [1.807, 2.05) is 84.9 Å². The van der Waals surface area contributed by atoms with Gasteiger partial charge in [0, 0.05) is 28.2 Å². The van der Waals surface area contributed by atoms with Crippen molar-refractivity contribution in [3.05, 3.63) is 144 Å². The van der Waals surface area contributed by atoms with Crippen LogP contribution in [0.1, 0.15) is 53.7 Å². The summed E-state index contributed by atoms with van der Waals surface area (Å²) < 4.78 is 11.5. The Morgan fingerprint density at radius 3 is 1.46 bits per heavy atom. The molecule has 0 atom stereocenters. The zero-order valence-electron chi connectivity index (χ0n) is 24.0. The number of carbonyl (C=O) groups excluding carboxylic acids is 1. The third-order valence-electron chi connectivity index (χ3n) is 7.22. The van der Waals surface area contributed by atoms with Gasteiger partial charge in [-0.05, 0) is 108 Å². The number of ether oxygens (including phenoxy) is 2. The van der Waals surface area contributed by atoms with Crippen LogP contribution in [0.15, 0.2) is 121 Å². The van der Waals surface area contributed by atoms with E-state index in [2.05, 4.69) is 62.1 Å². The van der Waals surface area contributed by atoms with Gasteiger partial charge in [-0.1, -0.05) is 57.2 Å². The quantitative estimate of drug-likeness (QED) is 0.165. The van der Waals surface area contributed by atoms with Crippen LogP contribution in [-0.2, 0) is 6.42 Å². The highest BCUT2D eigenvalue weighted by Crippen LogP contribution is 2.36. The van der Waals surface area contributed by atoms with E-state index in [0.717, 1.165) is 29.2 Å². The molecule has 0 aliphatic rings. The Bertz CT molecular complexity index is 1520. The molecule has 0 bridgehead atoms. The van der Waals surface area contributed by atoms with Crippen LogP contribution in [-0.4, -0.2) is 12.9 Å². The molecule has 0 heterocycles. The van der Waals surface area contributed by atoms with Crippen LogP contribution in [0.2, 0.25) is 0 Å². The lowest BCUT2D eigenvalue weighted by molar-refractivity contribution is 0.103. The SMILES string of the molecule is CCc1ccc(N(c2ccc(OC)cc2)c2ccc(Oc3ccc(C(=O)c4ccc(C(C)C)cc4)cc3)cc2)cc1. The number of nitrogens with zero attached hydrogens (tertiary/aromatic N) is 1. The van der Waals surface area contributed by atoms with Gasteiger partial charge in [-0.15, -0.1) is 0 Å². The number of hydrogen-bond donors (Lipinski definition) is 0. The Hall–Kier alpha value is -4.83. The molecule has 5 rings (SSSR count). The van der Waals surface area contributed by atoms with E-state index in [1.54, 1.807) is 7.11 Å². The van der Waals surface area contributed by atoms with Crippen LogP contribution >= 0.6 is 0 Å². The van der Waals surface area contributed by atoms with Crippen molar-refractivity contribution in [1.29, 1.82) is 0 Å². The number of aryl methyl sites for hydroxylation is 1. The van der Waals surface area contributed by atoms with Crippen molar-refractivity contribution >= 4 is 22.8 Å². The van der Waals surface area contributed by atoms with Gasteiger partial charge >= 0.3 is 0 Å². The van der Waals surface area contributed by atoms with Crippen LogP contribution in [0.25, 0.3) is 0 Å². The molecule has 41 heavy (non-hydrogen) atoms. The van der Waals surface area contributed by atoms with Crippen LogP contribution in [0.4, 0.5) is 17.1 Å². The van der Waals surface area contributed by atoms with Crippen molar-refractivity contribution in [3.8, 4) is 17.2 Å². The second-order valence-electron chi connectivity index (χ2n) is 10.3. The highest BCUT2D eigenvalue weighted by molar-refractivity contribution is 6.09. The lowest BCUT2D eigenvalue weighted by Gasteiger charge is -2.26. The Morgan fingerprint density at radius 2 is 1.02 bits per heavy atom. The number of carbonyl (C=O) groups is 1. The van der Waals surface area contributed by atoms with Gasteiger partial charge < -0.3 is 14.4 Å². The standard InChI is InChI=1S/C37H35NO3/c1-5-27-6-14-31(15-7-27)38(32-16-22-34(40-4)23-17-32)33-18-24-36(25-19-33)41-35-20-12-30(13-21-35)37(39)29-10-8-28(9-11-29)26(2)3/h6-26H,5H2,1-4H3. The first-order valence-corrected chi connectivity index (χ1v) is 14.0. The zero-order valence-corrected chi connectivity index (χ0v) is 24.0. The molecule has 0 saturated carbocycles. The van der Waals surface area contributed by atoms with Crippen molar-refractivity contribution in [2.45, 2.75) is 33.1 Å². The third kappa shape index (κ3) is 6.50. The van der Waals surface area contributed by atoms with Gasteiger partial charge in [-0.3, -0.25) is 4.79 Å². The van der Waals surface area contributed by atoms with Crippen molar-refractivity contribution < 1.29 is 14.3 Å². The molecule has 0 radical (unpaired) electrons. The minimum absolute atomic E-state index is 0.00167. The Kier molecular flexibility index (Phi) is 8.50. The number of ketones is 1. The van der Waals surface area contributed by atoms with Crippen LogP contribution < -0.4 is 14.4 Å². The molecule has 0 saturated heterocycles. The summed E-state index contributed by atoms with van der Waals surface area (Å²) in [6, 6.07) is 39.8. The van der Waals surface area contributed by atoms with Gasteiger partial charge in [-0.25, -0.2) is 0 Å². The number of hydrogen-bond acceptors (Lipinski definition) is 4. The summed E-state index contributed by atoms with van der Waals surface area (Å²) in [6.45, 7) is 6.45. The van der Waals surface area contributed by atoms with Crippen molar-refractivity contribution in [2.75, 3.05) is 12.0 Å². The first kappa shape index (κ1) is 27.7. The second-order valence-corrected chi connectivity index (χ2v) is 10.3. The summed E-state index contributed by atoms with van der Waals surface area (Å²) >= 11 is 0. The van der Waals surface area contributed by atoms with Crippen molar-refractivity contribution in [1.82, 2.24) is 0 Å². The molecule has 0 aliphatic heterocycles. The summed E-state index contributed by atoms with van der Waals surface area (Å²) in [5.74, 6) is 2.64. The van der Waals surface area contributed by atoms with E-state index in [-0.39, 0.29) is 5.78 Å². The summed E-state index contributed by atoms with van der Waals surface area (Å²) in [7, 11) is 1.67. The average Bonchev–Trinajstić information content (AvgIpc) is 3.03. The summed E-state index contributed by atoms with van der Waals surface area (Å²) in [4.78, 5) is 15.2. The van der Waals surface area contributed by atoms with E-state index in [9.17, 15) is 4.79 Å². The lowest BCUT2D eigenvalue weighted by Crippen LogP contribution is -2.09. The van der Waals surface area contributed by atoms with Crippen LogP contribution in [0, 0.1) is 0 Å². The molecule has 4 nitrogen and oxygen atoms in total. The summed E-state index contributed by atoms with van der Waals surface area (Å²) in [5.41, 5.74) is 6.94. The molecule has 0 aliphatic carbocycles. The number of methoxy groups -OCH3 is 1. The zero-order chi connectivity index (χ0) is 28.8. The van der Waals surface area contributed by atoms with Crippen molar-refractivity contribution in [3.63, 3.8) is 0 Å². The van der Waals surface area contributed by atoms with Gasteiger partial charge in [-0.2, -0.15) is 0 Å². The molecule has 5 aromatic rings. The summed E-state index contributed by atoms with van der Waals surface area (Å²) in [6.07, 6.45) is 0.995. The number of rotatable bonds is 10. The molecule has 0 amide bonds. The minimum Gasteiger partial charge on any atom is -0.497 e. The fourth-order valence-corrected chi connectivity index (χ4v) is 4.72. The maximum absolute atomic E-state index is 13.0. The van der Waals surface area contributed by atoms with E-state index in [4.69, 9.17) is 9.47 Å².